The number of aromatic nitrogens is 1. The van der Waals surface area contributed by atoms with Crippen LogP contribution in [0.5, 0.6) is 0 Å². The zero-order chi connectivity index (χ0) is 17.5. The highest BCUT2D eigenvalue weighted by molar-refractivity contribution is 5.98. The molecule has 0 aliphatic heterocycles. The predicted octanol–water partition coefficient (Wildman–Crippen LogP) is 2.32. The van der Waals surface area contributed by atoms with Crippen LogP contribution >= 0.6 is 0 Å². The summed E-state index contributed by atoms with van der Waals surface area (Å²) < 4.78 is 0. The monoisotopic (exact) mass is 327 g/mol. The summed E-state index contributed by atoms with van der Waals surface area (Å²) in [5, 5.41) is 8.67. The minimum atomic E-state index is -0.527. The third kappa shape index (κ3) is 4.98. The van der Waals surface area contributed by atoms with E-state index in [2.05, 4.69) is 20.9 Å². The number of hydrogen-bond acceptors (Lipinski definition) is 4. The number of amides is 3. The van der Waals surface area contributed by atoms with Gasteiger partial charge >= 0.3 is 6.03 Å². The van der Waals surface area contributed by atoms with E-state index in [-0.39, 0.29) is 12.1 Å². The summed E-state index contributed by atoms with van der Waals surface area (Å²) in [6, 6.07) is 8.96. The second kappa shape index (κ2) is 7.96. The molecule has 126 valence electrons. The Bertz CT molecular complexity index is 713. The lowest BCUT2D eigenvalue weighted by atomic mass is 10.2. The molecular weight excluding hydrogens is 306 g/mol. The summed E-state index contributed by atoms with van der Waals surface area (Å²) in [6.45, 7) is 4.31. The van der Waals surface area contributed by atoms with E-state index >= 15 is 0 Å². The smallest absolute Gasteiger partial charge is 0.319 e. The molecule has 2 rings (SSSR count). The van der Waals surface area contributed by atoms with Crippen LogP contribution in [0, 0.1) is 0 Å². The van der Waals surface area contributed by atoms with Crippen LogP contribution < -0.4 is 21.7 Å². The Kier molecular flexibility index (Phi) is 5.73. The van der Waals surface area contributed by atoms with Crippen molar-refractivity contribution in [1.82, 2.24) is 10.3 Å². The van der Waals surface area contributed by atoms with Crippen LogP contribution in [-0.4, -0.2) is 23.0 Å². The van der Waals surface area contributed by atoms with E-state index in [1.54, 1.807) is 12.3 Å². The number of benzene rings is 1. The Balaban J connectivity index is 1.95. The largest absolute Gasteiger partial charge is 0.380 e. The topological polar surface area (TPSA) is 109 Å². The van der Waals surface area contributed by atoms with Crippen molar-refractivity contribution in [2.45, 2.75) is 26.4 Å². The molecule has 0 atom stereocenters. The van der Waals surface area contributed by atoms with Crippen molar-refractivity contribution in [1.29, 1.82) is 0 Å². The number of carbonyl (C=O) groups is 2. The second-order valence-electron chi connectivity index (χ2n) is 5.59. The SMILES string of the molecule is CC(C)NC(=O)Nc1ccc(CNc2ccncc2C(N)=O)cc1. The lowest BCUT2D eigenvalue weighted by Crippen LogP contribution is -2.34. The first-order valence-electron chi connectivity index (χ1n) is 7.60. The molecule has 0 saturated carbocycles. The van der Waals surface area contributed by atoms with Gasteiger partial charge in [0.15, 0.2) is 0 Å². The van der Waals surface area contributed by atoms with Gasteiger partial charge in [-0.25, -0.2) is 4.79 Å². The van der Waals surface area contributed by atoms with Gasteiger partial charge < -0.3 is 21.7 Å². The van der Waals surface area contributed by atoms with E-state index in [0.29, 0.717) is 23.5 Å². The van der Waals surface area contributed by atoms with Crippen molar-refractivity contribution in [3.63, 3.8) is 0 Å². The van der Waals surface area contributed by atoms with Gasteiger partial charge in [0.25, 0.3) is 5.91 Å². The maximum Gasteiger partial charge on any atom is 0.319 e. The maximum absolute atomic E-state index is 11.6. The number of nitrogens with zero attached hydrogens (tertiary/aromatic N) is 1. The third-order valence-corrected chi connectivity index (χ3v) is 3.20. The number of anilines is 2. The van der Waals surface area contributed by atoms with E-state index in [4.69, 9.17) is 5.73 Å². The van der Waals surface area contributed by atoms with E-state index < -0.39 is 5.91 Å². The molecule has 1 aromatic carbocycles. The molecule has 0 aliphatic carbocycles. The Labute approximate surface area is 140 Å². The summed E-state index contributed by atoms with van der Waals surface area (Å²) in [6.07, 6.45) is 3.03. The summed E-state index contributed by atoms with van der Waals surface area (Å²) in [5.74, 6) is -0.527. The summed E-state index contributed by atoms with van der Waals surface area (Å²) >= 11 is 0. The van der Waals surface area contributed by atoms with E-state index in [1.807, 2.05) is 38.1 Å². The van der Waals surface area contributed by atoms with Gasteiger partial charge in [-0.1, -0.05) is 12.1 Å². The maximum atomic E-state index is 11.6. The van der Waals surface area contributed by atoms with Crippen LogP contribution in [0.3, 0.4) is 0 Å². The van der Waals surface area contributed by atoms with E-state index in [1.165, 1.54) is 6.20 Å². The van der Waals surface area contributed by atoms with Gasteiger partial charge in [0, 0.05) is 30.7 Å². The third-order valence-electron chi connectivity index (χ3n) is 3.20. The van der Waals surface area contributed by atoms with Gasteiger partial charge in [0.2, 0.25) is 0 Å². The second-order valence-corrected chi connectivity index (χ2v) is 5.59. The predicted molar refractivity (Wildman–Crippen MR) is 93.8 cm³/mol. The number of pyridine rings is 1. The zero-order valence-electron chi connectivity index (χ0n) is 13.7. The average Bonchev–Trinajstić information content (AvgIpc) is 2.53. The molecule has 0 fully saturated rings. The highest BCUT2D eigenvalue weighted by atomic mass is 16.2. The van der Waals surface area contributed by atoms with E-state index in [0.717, 1.165) is 5.56 Å². The lowest BCUT2D eigenvalue weighted by molar-refractivity contribution is 0.100. The van der Waals surface area contributed by atoms with Gasteiger partial charge in [-0.05, 0) is 37.6 Å². The zero-order valence-corrected chi connectivity index (χ0v) is 13.7. The fourth-order valence-electron chi connectivity index (χ4n) is 2.08. The quantitative estimate of drug-likeness (QED) is 0.652. The fourth-order valence-corrected chi connectivity index (χ4v) is 2.08. The highest BCUT2D eigenvalue weighted by Gasteiger charge is 2.07. The molecule has 0 radical (unpaired) electrons. The van der Waals surface area contributed by atoms with Crippen LogP contribution in [0.15, 0.2) is 42.7 Å². The van der Waals surface area contributed by atoms with Gasteiger partial charge in [0.05, 0.1) is 11.3 Å². The molecule has 24 heavy (non-hydrogen) atoms. The van der Waals surface area contributed by atoms with Crippen molar-refractivity contribution < 1.29 is 9.59 Å². The standard InChI is InChI=1S/C17H21N5O2/c1-11(2)21-17(24)22-13-5-3-12(4-6-13)9-20-15-7-8-19-10-14(15)16(18)23/h3-8,10-11H,9H2,1-2H3,(H2,18,23)(H,19,20)(H2,21,22,24). The van der Waals surface area contributed by atoms with Gasteiger partial charge in [-0.15, -0.1) is 0 Å². The van der Waals surface area contributed by atoms with Crippen molar-refractivity contribution in [3.8, 4) is 0 Å². The van der Waals surface area contributed by atoms with Crippen LogP contribution in [0.1, 0.15) is 29.8 Å². The average molecular weight is 327 g/mol. The number of rotatable bonds is 6. The van der Waals surface area contributed by atoms with E-state index in [9.17, 15) is 9.59 Å². The first-order valence-corrected chi connectivity index (χ1v) is 7.60. The molecule has 0 aliphatic rings. The minimum absolute atomic E-state index is 0.0771. The Morgan fingerprint density at radius 3 is 2.50 bits per heavy atom. The van der Waals surface area contributed by atoms with Crippen LogP contribution in [0.25, 0.3) is 0 Å². The Hall–Kier alpha value is -3.09. The number of carbonyl (C=O) groups excluding carboxylic acids is 2. The molecule has 1 aromatic heterocycles. The molecule has 3 amide bonds. The molecule has 7 nitrogen and oxygen atoms in total. The fraction of sp³-hybridized carbons (Fsp3) is 0.235. The normalized spacial score (nSPS) is 10.3. The Morgan fingerprint density at radius 2 is 1.88 bits per heavy atom. The molecule has 0 saturated heterocycles. The van der Waals surface area contributed by atoms with Crippen molar-refractivity contribution in [2.75, 3.05) is 10.6 Å². The van der Waals surface area contributed by atoms with Crippen molar-refractivity contribution in [2.24, 2.45) is 5.73 Å². The molecule has 5 N–H and O–H groups in total. The number of nitrogens with two attached hydrogens (primary N) is 1. The molecule has 0 unspecified atom stereocenters. The van der Waals surface area contributed by atoms with Crippen molar-refractivity contribution in [3.05, 3.63) is 53.9 Å². The van der Waals surface area contributed by atoms with Crippen LogP contribution in [0.4, 0.5) is 16.2 Å². The van der Waals surface area contributed by atoms with Gasteiger partial charge in [-0.3, -0.25) is 9.78 Å². The number of urea groups is 1. The first kappa shape index (κ1) is 17.3. The van der Waals surface area contributed by atoms with Crippen LogP contribution in [0.2, 0.25) is 0 Å². The number of primary amides is 1. The molecule has 0 bridgehead atoms. The van der Waals surface area contributed by atoms with Crippen molar-refractivity contribution >= 4 is 23.3 Å². The van der Waals surface area contributed by atoms with Gasteiger partial charge in [-0.2, -0.15) is 0 Å². The summed E-state index contributed by atoms with van der Waals surface area (Å²) in [5.41, 5.74) is 8.01. The number of nitrogens with one attached hydrogen (secondary N) is 3. The summed E-state index contributed by atoms with van der Waals surface area (Å²) in [7, 11) is 0. The molecular formula is C17H21N5O2. The highest BCUT2D eigenvalue weighted by Crippen LogP contribution is 2.15. The Morgan fingerprint density at radius 1 is 1.17 bits per heavy atom. The minimum Gasteiger partial charge on any atom is -0.380 e. The lowest BCUT2D eigenvalue weighted by Gasteiger charge is -2.12. The van der Waals surface area contributed by atoms with Gasteiger partial charge in [0.1, 0.15) is 0 Å². The first-order chi connectivity index (χ1) is 11.5. The molecule has 2 aromatic rings. The van der Waals surface area contributed by atoms with Crippen LogP contribution in [-0.2, 0) is 6.54 Å². The molecule has 0 spiro atoms. The number of hydrogen-bond donors (Lipinski definition) is 4. The molecule has 1 heterocycles. The molecule has 7 heteroatoms. The summed E-state index contributed by atoms with van der Waals surface area (Å²) in [4.78, 5) is 26.9.